The quantitative estimate of drug-likeness (QED) is 0.677. The highest BCUT2D eigenvalue weighted by molar-refractivity contribution is 5.51. The second kappa shape index (κ2) is 6.21. The maximum absolute atomic E-state index is 13.5. The molecule has 6 heteroatoms. The second-order valence-electron chi connectivity index (χ2n) is 4.84. The summed E-state index contributed by atoms with van der Waals surface area (Å²) in [5.41, 5.74) is 2.13. The Hall–Kier alpha value is -2.63. The summed E-state index contributed by atoms with van der Waals surface area (Å²) in [4.78, 5) is 11.8. The monoisotopic (exact) mass is 289 g/mol. The Labute approximate surface area is 122 Å². The molecule has 5 nitrogen and oxygen atoms in total. The zero-order valence-corrected chi connectivity index (χ0v) is 11.8. The van der Waals surface area contributed by atoms with Gasteiger partial charge in [-0.05, 0) is 23.8 Å². The zero-order chi connectivity index (χ0) is 15.4. The highest BCUT2D eigenvalue weighted by atomic mass is 19.1. The molecule has 110 valence electrons. The van der Waals surface area contributed by atoms with Gasteiger partial charge < -0.3 is 10.2 Å². The van der Waals surface area contributed by atoms with Crippen LogP contribution >= 0.6 is 0 Å². The average Bonchev–Trinajstić information content (AvgIpc) is 2.45. The normalized spacial score (nSPS) is 10.2. The van der Waals surface area contributed by atoms with Gasteiger partial charge in [0.05, 0.1) is 4.92 Å². The Bertz CT molecular complexity index is 642. The van der Waals surface area contributed by atoms with Crippen LogP contribution in [-0.2, 0) is 6.54 Å². The number of hydrogen-bond donors (Lipinski definition) is 1. The summed E-state index contributed by atoms with van der Waals surface area (Å²) in [6.45, 7) is 0.519. The van der Waals surface area contributed by atoms with Gasteiger partial charge in [-0.2, -0.15) is 4.39 Å². The van der Waals surface area contributed by atoms with E-state index in [4.69, 9.17) is 0 Å². The Balaban J connectivity index is 2.03. The van der Waals surface area contributed by atoms with E-state index in [0.29, 0.717) is 12.2 Å². The molecule has 0 heterocycles. The smallest absolute Gasteiger partial charge is 0.304 e. The van der Waals surface area contributed by atoms with Crippen LogP contribution in [0.3, 0.4) is 0 Å². The van der Waals surface area contributed by atoms with Crippen LogP contribution < -0.4 is 10.2 Å². The first-order valence-corrected chi connectivity index (χ1v) is 6.41. The van der Waals surface area contributed by atoms with Gasteiger partial charge in [-0.25, -0.2) is 0 Å². The minimum Gasteiger partial charge on any atom is -0.381 e. The zero-order valence-electron chi connectivity index (χ0n) is 11.8. The molecule has 0 saturated carbocycles. The van der Waals surface area contributed by atoms with Crippen LogP contribution in [0.5, 0.6) is 0 Å². The number of nitrogens with zero attached hydrogens (tertiary/aromatic N) is 2. The van der Waals surface area contributed by atoms with Gasteiger partial charge >= 0.3 is 5.69 Å². The molecule has 0 bridgehead atoms. The SMILES string of the molecule is CN(C)c1ccc(CNc2ccc([N+](=O)[O-])c(F)c2)cc1. The van der Waals surface area contributed by atoms with Crippen LogP contribution in [0.2, 0.25) is 0 Å². The number of benzene rings is 2. The summed E-state index contributed by atoms with van der Waals surface area (Å²) < 4.78 is 13.5. The van der Waals surface area contributed by atoms with Gasteiger partial charge in [-0.15, -0.1) is 0 Å². The van der Waals surface area contributed by atoms with Crippen molar-refractivity contribution in [2.24, 2.45) is 0 Å². The number of nitrogens with one attached hydrogen (secondary N) is 1. The molecular weight excluding hydrogens is 273 g/mol. The molecule has 0 aliphatic heterocycles. The molecule has 1 N–H and O–H groups in total. The molecule has 0 unspecified atom stereocenters. The van der Waals surface area contributed by atoms with Crippen molar-refractivity contribution < 1.29 is 9.31 Å². The lowest BCUT2D eigenvalue weighted by Gasteiger charge is -2.13. The average molecular weight is 289 g/mol. The van der Waals surface area contributed by atoms with Gasteiger partial charge in [0.25, 0.3) is 0 Å². The molecule has 0 saturated heterocycles. The molecule has 0 fully saturated rings. The van der Waals surface area contributed by atoms with Crippen molar-refractivity contribution in [3.8, 4) is 0 Å². The third kappa shape index (κ3) is 3.68. The predicted octanol–water partition coefficient (Wildman–Crippen LogP) is 3.41. The van der Waals surface area contributed by atoms with Crippen molar-refractivity contribution in [3.05, 3.63) is 64.0 Å². The van der Waals surface area contributed by atoms with E-state index in [1.165, 1.54) is 6.07 Å². The number of hydrogen-bond acceptors (Lipinski definition) is 4. The fraction of sp³-hybridized carbons (Fsp3) is 0.200. The first kappa shape index (κ1) is 14.8. The predicted molar refractivity (Wildman–Crippen MR) is 81.2 cm³/mol. The van der Waals surface area contributed by atoms with Crippen molar-refractivity contribution >= 4 is 17.1 Å². The third-order valence-corrected chi connectivity index (χ3v) is 3.09. The second-order valence-corrected chi connectivity index (χ2v) is 4.84. The van der Waals surface area contributed by atoms with Gasteiger partial charge in [0.15, 0.2) is 0 Å². The molecule has 21 heavy (non-hydrogen) atoms. The molecule has 0 atom stereocenters. The largest absolute Gasteiger partial charge is 0.381 e. The van der Waals surface area contributed by atoms with Crippen LogP contribution in [0.1, 0.15) is 5.56 Å². The molecule has 0 spiro atoms. The van der Waals surface area contributed by atoms with Gasteiger partial charge in [0.1, 0.15) is 0 Å². The summed E-state index contributed by atoms with van der Waals surface area (Å²) in [7, 11) is 3.93. The van der Waals surface area contributed by atoms with E-state index in [1.807, 2.05) is 43.3 Å². The minimum atomic E-state index is -0.840. The van der Waals surface area contributed by atoms with E-state index in [-0.39, 0.29) is 0 Å². The number of halogens is 1. The van der Waals surface area contributed by atoms with Crippen LogP contribution in [0.25, 0.3) is 0 Å². The van der Waals surface area contributed by atoms with E-state index >= 15 is 0 Å². The minimum absolute atomic E-state index is 0.509. The summed E-state index contributed by atoms with van der Waals surface area (Å²) in [5.74, 6) is -0.840. The third-order valence-electron chi connectivity index (χ3n) is 3.09. The van der Waals surface area contributed by atoms with Crippen molar-refractivity contribution in [2.45, 2.75) is 6.54 Å². The van der Waals surface area contributed by atoms with E-state index in [0.717, 1.165) is 23.4 Å². The molecular formula is C15H16FN3O2. The van der Waals surface area contributed by atoms with E-state index in [2.05, 4.69) is 5.32 Å². The van der Waals surface area contributed by atoms with E-state index < -0.39 is 16.4 Å². The molecule has 0 aromatic heterocycles. The van der Waals surface area contributed by atoms with Gasteiger partial charge in [-0.3, -0.25) is 10.1 Å². The molecule has 0 aliphatic rings. The highest BCUT2D eigenvalue weighted by Crippen LogP contribution is 2.21. The van der Waals surface area contributed by atoms with Crippen LogP contribution in [0.4, 0.5) is 21.5 Å². The lowest BCUT2D eigenvalue weighted by atomic mass is 10.2. The molecule has 2 rings (SSSR count). The topological polar surface area (TPSA) is 58.4 Å². The summed E-state index contributed by atoms with van der Waals surface area (Å²) in [6.07, 6.45) is 0. The van der Waals surface area contributed by atoms with E-state index in [9.17, 15) is 14.5 Å². The van der Waals surface area contributed by atoms with Crippen LogP contribution in [0.15, 0.2) is 42.5 Å². The fourth-order valence-electron chi connectivity index (χ4n) is 1.88. The summed E-state index contributed by atoms with van der Waals surface area (Å²) in [6, 6.07) is 11.7. The summed E-state index contributed by atoms with van der Waals surface area (Å²) in [5, 5.41) is 13.6. The lowest BCUT2D eigenvalue weighted by molar-refractivity contribution is -0.387. The van der Waals surface area contributed by atoms with E-state index in [1.54, 1.807) is 0 Å². The molecule has 0 radical (unpaired) electrons. The van der Waals surface area contributed by atoms with Gasteiger partial charge in [0, 0.05) is 44.1 Å². The first-order valence-electron chi connectivity index (χ1n) is 6.41. The Morgan fingerprint density at radius 3 is 2.38 bits per heavy atom. The van der Waals surface area contributed by atoms with Crippen LogP contribution in [-0.4, -0.2) is 19.0 Å². The molecule has 2 aromatic carbocycles. The first-order chi connectivity index (χ1) is 9.97. The molecule has 0 aliphatic carbocycles. The Morgan fingerprint density at radius 2 is 1.86 bits per heavy atom. The van der Waals surface area contributed by atoms with Gasteiger partial charge in [-0.1, -0.05) is 12.1 Å². The van der Waals surface area contributed by atoms with Crippen molar-refractivity contribution in [2.75, 3.05) is 24.3 Å². The maximum atomic E-state index is 13.5. The number of anilines is 2. The number of nitro benzene ring substituents is 1. The van der Waals surface area contributed by atoms with Crippen LogP contribution in [0, 0.1) is 15.9 Å². The Morgan fingerprint density at radius 1 is 1.19 bits per heavy atom. The number of nitro groups is 1. The molecule has 2 aromatic rings. The van der Waals surface area contributed by atoms with Crippen molar-refractivity contribution in [1.29, 1.82) is 0 Å². The molecule has 0 amide bonds. The number of rotatable bonds is 5. The Kier molecular flexibility index (Phi) is 4.37. The van der Waals surface area contributed by atoms with Gasteiger partial charge in [0.2, 0.25) is 5.82 Å². The fourth-order valence-corrected chi connectivity index (χ4v) is 1.88. The maximum Gasteiger partial charge on any atom is 0.304 e. The van der Waals surface area contributed by atoms with Crippen molar-refractivity contribution in [3.63, 3.8) is 0 Å². The van der Waals surface area contributed by atoms with Crippen molar-refractivity contribution in [1.82, 2.24) is 0 Å². The standard InChI is InChI=1S/C15H16FN3O2/c1-18(2)13-6-3-11(4-7-13)10-17-12-5-8-15(19(20)21)14(16)9-12/h3-9,17H,10H2,1-2H3. The summed E-state index contributed by atoms with van der Waals surface area (Å²) >= 11 is 0. The highest BCUT2D eigenvalue weighted by Gasteiger charge is 2.13. The lowest BCUT2D eigenvalue weighted by Crippen LogP contribution is -2.08.